The van der Waals surface area contributed by atoms with E-state index in [1.165, 1.54) is 16.7 Å². The summed E-state index contributed by atoms with van der Waals surface area (Å²) in [6.45, 7) is 15.5. The molecule has 0 saturated carbocycles. The molecule has 1 fully saturated rings. The van der Waals surface area contributed by atoms with E-state index < -0.39 is 5.97 Å². The fraction of sp³-hybridized carbons (Fsp3) is 0.467. The van der Waals surface area contributed by atoms with Crippen LogP contribution >= 0.6 is 0 Å². The molecule has 2 aromatic rings. The Morgan fingerprint density at radius 2 is 1.67 bits per heavy atom. The maximum absolute atomic E-state index is 10.7. The molecule has 6 nitrogen and oxygen atoms in total. The second kappa shape index (κ2) is 12.1. The number of carboxylic acids is 1. The zero-order valence-corrected chi connectivity index (χ0v) is 22.4. The maximum Gasteiger partial charge on any atom is 0.306 e. The number of ether oxygens (including phenoxy) is 2. The maximum atomic E-state index is 10.7. The fourth-order valence-corrected chi connectivity index (χ4v) is 4.02. The van der Waals surface area contributed by atoms with Crippen molar-refractivity contribution in [2.24, 2.45) is 0 Å². The molecule has 0 bridgehead atoms. The van der Waals surface area contributed by atoms with Gasteiger partial charge in [-0.1, -0.05) is 30.8 Å². The van der Waals surface area contributed by atoms with Gasteiger partial charge in [-0.25, -0.2) is 0 Å². The van der Waals surface area contributed by atoms with E-state index in [0.717, 1.165) is 36.1 Å². The van der Waals surface area contributed by atoms with E-state index >= 15 is 0 Å². The first-order valence-corrected chi connectivity index (χ1v) is 12.4. The van der Waals surface area contributed by atoms with Gasteiger partial charge in [-0.05, 0) is 101 Å². The van der Waals surface area contributed by atoms with Crippen molar-refractivity contribution in [2.45, 2.75) is 91.3 Å². The lowest BCUT2D eigenvalue weighted by Gasteiger charge is -2.36. The molecule has 2 aliphatic heterocycles. The number of carboxylic acid groups (broad SMARTS) is 1. The standard InChI is InChI=1S/C15H20O3.C8H10O.C7H10O2/c1-10-4-5-12-6-8-15(3,9-7-13(16)17)18-14(12)11(10)2;1-6-4-3-5-8(9)7(6)2;1-3-7(2)5-4-6(8)9-7/h4-5H,6-9H2,1-3H3,(H,16,17);3-5,9H,1-2H3;3H,1,4-5H2,2H3. The Kier molecular flexibility index (Phi) is 9.74. The largest absolute Gasteiger partial charge is 0.508 e. The number of hydrogen-bond acceptors (Lipinski definition) is 5. The number of esters is 1. The molecule has 0 radical (unpaired) electrons. The Balaban J connectivity index is 0.000000212. The summed E-state index contributed by atoms with van der Waals surface area (Å²) in [4.78, 5) is 21.2. The first kappa shape index (κ1) is 29.0. The number of phenols is 1. The van der Waals surface area contributed by atoms with Gasteiger partial charge in [-0.15, -0.1) is 0 Å². The lowest BCUT2D eigenvalue weighted by Crippen LogP contribution is -2.37. The number of aromatic hydroxyl groups is 1. The number of aryl methyl sites for hydroxylation is 3. The Hall–Kier alpha value is -3.28. The van der Waals surface area contributed by atoms with Crippen LogP contribution in [-0.2, 0) is 20.7 Å². The van der Waals surface area contributed by atoms with Crippen molar-refractivity contribution in [3.8, 4) is 11.5 Å². The monoisotopic (exact) mass is 496 g/mol. The molecule has 0 aromatic heterocycles. The summed E-state index contributed by atoms with van der Waals surface area (Å²) in [5, 5.41) is 17.9. The molecule has 2 unspecified atom stereocenters. The van der Waals surface area contributed by atoms with Crippen molar-refractivity contribution < 1.29 is 29.3 Å². The van der Waals surface area contributed by atoms with Crippen LogP contribution in [0.1, 0.15) is 73.8 Å². The van der Waals surface area contributed by atoms with Gasteiger partial charge >= 0.3 is 11.9 Å². The van der Waals surface area contributed by atoms with Crippen LogP contribution in [0.3, 0.4) is 0 Å². The van der Waals surface area contributed by atoms with Crippen LogP contribution in [0.4, 0.5) is 0 Å². The van der Waals surface area contributed by atoms with E-state index in [4.69, 9.17) is 19.7 Å². The van der Waals surface area contributed by atoms with Crippen LogP contribution in [0, 0.1) is 27.7 Å². The van der Waals surface area contributed by atoms with Gasteiger partial charge in [0.15, 0.2) is 0 Å². The summed E-state index contributed by atoms with van der Waals surface area (Å²) in [7, 11) is 0. The van der Waals surface area contributed by atoms with Gasteiger partial charge in [0.2, 0.25) is 0 Å². The number of phenolic OH excluding ortho intramolecular Hbond substituents is 1. The van der Waals surface area contributed by atoms with Crippen molar-refractivity contribution in [3.63, 3.8) is 0 Å². The third-order valence-electron chi connectivity index (χ3n) is 7.08. The zero-order chi connectivity index (χ0) is 27.1. The number of cyclic esters (lactones) is 1. The quantitative estimate of drug-likeness (QED) is 0.369. The molecule has 0 aliphatic carbocycles. The van der Waals surface area contributed by atoms with Crippen molar-refractivity contribution in [1.29, 1.82) is 0 Å². The van der Waals surface area contributed by atoms with Gasteiger partial charge in [0.1, 0.15) is 22.7 Å². The second-order valence-corrected chi connectivity index (χ2v) is 10.2. The molecule has 36 heavy (non-hydrogen) atoms. The van der Waals surface area contributed by atoms with E-state index in [9.17, 15) is 9.59 Å². The zero-order valence-electron chi connectivity index (χ0n) is 22.4. The van der Waals surface area contributed by atoms with Gasteiger partial charge in [-0.2, -0.15) is 0 Å². The molecule has 2 heterocycles. The predicted molar refractivity (Wildman–Crippen MR) is 142 cm³/mol. The number of fused-ring (bicyclic) bond motifs is 1. The third-order valence-corrected chi connectivity index (χ3v) is 7.08. The van der Waals surface area contributed by atoms with E-state index in [0.29, 0.717) is 18.6 Å². The molecular formula is C30H40O6. The summed E-state index contributed by atoms with van der Waals surface area (Å²) in [5.41, 5.74) is 5.02. The van der Waals surface area contributed by atoms with E-state index in [2.05, 4.69) is 32.6 Å². The first-order valence-electron chi connectivity index (χ1n) is 12.4. The van der Waals surface area contributed by atoms with Crippen molar-refractivity contribution in [3.05, 3.63) is 70.8 Å². The minimum Gasteiger partial charge on any atom is -0.508 e. The van der Waals surface area contributed by atoms with E-state index in [1.807, 2.05) is 39.8 Å². The molecule has 2 aliphatic rings. The summed E-state index contributed by atoms with van der Waals surface area (Å²) in [5.74, 6) is 0.480. The minimum absolute atomic E-state index is 0.114. The van der Waals surface area contributed by atoms with Crippen LogP contribution in [0.15, 0.2) is 43.0 Å². The third kappa shape index (κ3) is 7.87. The Labute approximate surface area is 215 Å². The highest BCUT2D eigenvalue weighted by Gasteiger charge is 2.33. The highest BCUT2D eigenvalue weighted by molar-refractivity contribution is 5.72. The molecule has 0 spiro atoms. The van der Waals surface area contributed by atoms with Gasteiger partial charge in [0, 0.05) is 19.3 Å². The lowest BCUT2D eigenvalue weighted by atomic mass is 9.87. The molecule has 196 valence electrons. The number of aliphatic carboxylic acids is 1. The number of hydrogen-bond donors (Lipinski definition) is 2. The summed E-state index contributed by atoms with van der Waals surface area (Å²) >= 11 is 0. The SMILES string of the molecule is C=CC1(C)CCC(=O)O1.Cc1ccc2c(c1C)OC(C)(CCC(=O)O)CC2.Cc1cccc(O)c1C. The highest BCUT2D eigenvalue weighted by Crippen LogP contribution is 2.38. The molecular weight excluding hydrogens is 456 g/mol. The van der Waals surface area contributed by atoms with Crippen molar-refractivity contribution in [2.75, 3.05) is 0 Å². The average Bonchev–Trinajstić information content (AvgIpc) is 3.19. The molecule has 6 heteroatoms. The van der Waals surface area contributed by atoms with E-state index in [-0.39, 0.29) is 23.6 Å². The smallest absolute Gasteiger partial charge is 0.306 e. The summed E-state index contributed by atoms with van der Waals surface area (Å²) < 4.78 is 11.1. The Bertz CT molecular complexity index is 1080. The molecule has 1 saturated heterocycles. The fourth-order valence-electron chi connectivity index (χ4n) is 4.02. The topological polar surface area (TPSA) is 93.1 Å². The number of benzene rings is 2. The first-order chi connectivity index (χ1) is 16.8. The summed E-state index contributed by atoms with van der Waals surface area (Å²) in [6.07, 6.45) is 5.56. The van der Waals surface area contributed by atoms with Crippen LogP contribution in [0.2, 0.25) is 0 Å². The molecule has 4 rings (SSSR count). The number of carbonyl (C=O) groups excluding carboxylic acids is 1. The Morgan fingerprint density at radius 1 is 1.00 bits per heavy atom. The second-order valence-electron chi connectivity index (χ2n) is 10.2. The molecule has 2 aromatic carbocycles. The van der Waals surface area contributed by atoms with Crippen LogP contribution in [-0.4, -0.2) is 33.4 Å². The average molecular weight is 497 g/mol. The van der Waals surface area contributed by atoms with E-state index in [1.54, 1.807) is 12.1 Å². The predicted octanol–water partition coefficient (Wildman–Crippen LogP) is 6.53. The van der Waals surface area contributed by atoms with Gasteiger partial charge < -0.3 is 19.7 Å². The number of carbonyl (C=O) groups is 2. The lowest BCUT2D eigenvalue weighted by molar-refractivity contribution is -0.144. The number of rotatable bonds is 4. The van der Waals surface area contributed by atoms with Gasteiger partial charge in [0.25, 0.3) is 0 Å². The van der Waals surface area contributed by atoms with Crippen LogP contribution < -0.4 is 4.74 Å². The summed E-state index contributed by atoms with van der Waals surface area (Å²) in [6, 6.07) is 9.76. The molecule has 2 N–H and O–H groups in total. The van der Waals surface area contributed by atoms with Crippen molar-refractivity contribution >= 4 is 11.9 Å². The normalized spacial score (nSPS) is 22.0. The van der Waals surface area contributed by atoms with Crippen molar-refractivity contribution in [1.82, 2.24) is 0 Å². The van der Waals surface area contributed by atoms with Crippen LogP contribution in [0.5, 0.6) is 11.5 Å². The Morgan fingerprint density at radius 3 is 2.17 bits per heavy atom. The molecule has 2 atom stereocenters. The highest BCUT2D eigenvalue weighted by atomic mass is 16.6. The minimum atomic E-state index is -0.758. The molecule has 0 amide bonds. The van der Waals surface area contributed by atoms with Gasteiger partial charge in [-0.3, -0.25) is 9.59 Å². The van der Waals surface area contributed by atoms with Crippen LogP contribution in [0.25, 0.3) is 0 Å². The van der Waals surface area contributed by atoms with Gasteiger partial charge in [0.05, 0.1) is 0 Å².